The van der Waals surface area contributed by atoms with Crippen LogP contribution in [0.15, 0.2) is 60.7 Å². The van der Waals surface area contributed by atoms with Gasteiger partial charge in [0, 0.05) is 24.1 Å². The van der Waals surface area contributed by atoms with E-state index in [1.165, 1.54) is 0 Å². The van der Waals surface area contributed by atoms with E-state index < -0.39 is 5.41 Å². The average Bonchev–Trinajstić information content (AvgIpc) is 3.22. The SMILES string of the molecule is CC(C)CN(CC(=O)Nc1cc(-c2ccccc2)nn1-c1ccccc1Cl)C(=O)C(C)(C)CCl. The van der Waals surface area contributed by atoms with E-state index in [0.717, 1.165) is 5.56 Å². The molecule has 2 amide bonds. The topological polar surface area (TPSA) is 67.2 Å². The van der Waals surface area contributed by atoms with E-state index in [9.17, 15) is 9.59 Å². The van der Waals surface area contributed by atoms with E-state index in [1.807, 2.05) is 62.4 Å². The van der Waals surface area contributed by atoms with Crippen LogP contribution in [0, 0.1) is 11.3 Å². The van der Waals surface area contributed by atoms with Gasteiger partial charge in [-0.1, -0.05) is 67.9 Å². The number of para-hydroxylation sites is 1. The monoisotopic (exact) mass is 500 g/mol. The van der Waals surface area contributed by atoms with Gasteiger partial charge in [-0.15, -0.1) is 11.6 Å². The molecule has 180 valence electrons. The van der Waals surface area contributed by atoms with Gasteiger partial charge in [0.25, 0.3) is 0 Å². The molecule has 0 atom stereocenters. The number of amides is 2. The highest BCUT2D eigenvalue weighted by atomic mass is 35.5. The van der Waals surface area contributed by atoms with Gasteiger partial charge in [-0.05, 0) is 31.9 Å². The number of hydrogen-bond donors (Lipinski definition) is 1. The predicted octanol–water partition coefficient (Wildman–Crippen LogP) is 5.88. The van der Waals surface area contributed by atoms with Gasteiger partial charge in [0.15, 0.2) is 0 Å². The first-order valence-corrected chi connectivity index (χ1v) is 12.1. The maximum absolute atomic E-state index is 13.1. The normalized spacial score (nSPS) is 11.5. The Labute approximate surface area is 210 Å². The maximum atomic E-state index is 13.1. The van der Waals surface area contributed by atoms with Crippen LogP contribution in [0.1, 0.15) is 27.7 Å². The molecular formula is C26H30Cl2N4O2. The summed E-state index contributed by atoms with van der Waals surface area (Å²) in [5.41, 5.74) is 1.47. The number of benzene rings is 2. The van der Waals surface area contributed by atoms with Gasteiger partial charge >= 0.3 is 0 Å². The molecule has 2 aromatic carbocycles. The number of nitrogens with zero attached hydrogens (tertiary/aromatic N) is 3. The second kappa shape index (κ2) is 11.1. The lowest BCUT2D eigenvalue weighted by Gasteiger charge is -2.31. The zero-order valence-corrected chi connectivity index (χ0v) is 21.4. The van der Waals surface area contributed by atoms with Crippen molar-refractivity contribution in [3.05, 3.63) is 65.7 Å². The molecule has 0 fully saturated rings. The third-order valence-electron chi connectivity index (χ3n) is 5.25. The van der Waals surface area contributed by atoms with Crippen LogP contribution in [0.4, 0.5) is 5.82 Å². The van der Waals surface area contributed by atoms with Crippen LogP contribution in [0.2, 0.25) is 5.02 Å². The molecule has 0 aliphatic carbocycles. The minimum Gasteiger partial charge on any atom is -0.333 e. The third kappa shape index (κ3) is 6.19. The van der Waals surface area contributed by atoms with Gasteiger partial charge in [-0.3, -0.25) is 9.59 Å². The molecule has 0 saturated heterocycles. The highest BCUT2D eigenvalue weighted by Gasteiger charge is 2.32. The molecule has 0 bridgehead atoms. The van der Waals surface area contributed by atoms with Crippen LogP contribution in [0.5, 0.6) is 0 Å². The van der Waals surface area contributed by atoms with Crippen LogP contribution in [0.3, 0.4) is 0 Å². The van der Waals surface area contributed by atoms with E-state index in [2.05, 4.69) is 5.32 Å². The second-order valence-electron chi connectivity index (χ2n) is 9.29. The summed E-state index contributed by atoms with van der Waals surface area (Å²) in [6.45, 7) is 7.94. The van der Waals surface area contributed by atoms with Crippen molar-refractivity contribution >= 4 is 40.8 Å². The summed E-state index contributed by atoms with van der Waals surface area (Å²) in [7, 11) is 0. The summed E-state index contributed by atoms with van der Waals surface area (Å²) in [4.78, 5) is 27.8. The Kier molecular flexibility index (Phi) is 8.39. The summed E-state index contributed by atoms with van der Waals surface area (Å²) in [5.74, 6) is 0.344. The number of alkyl halides is 1. The molecule has 0 unspecified atom stereocenters. The predicted molar refractivity (Wildman–Crippen MR) is 139 cm³/mol. The number of nitrogens with one attached hydrogen (secondary N) is 1. The fourth-order valence-corrected chi connectivity index (χ4v) is 3.86. The van der Waals surface area contributed by atoms with Crippen molar-refractivity contribution in [2.24, 2.45) is 11.3 Å². The van der Waals surface area contributed by atoms with Crippen LogP contribution in [-0.2, 0) is 9.59 Å². The number of carbonyl (C=O) groups is 2. The van der Waals surface area contributed by atoms with Gasteiger partial charge < -0.3 is 10.2 Å². The summed E-state index contributed by atoms with van der Waals surface area (Å²) < 4.78 is 1.61. The number of rotatable bonds is 9. The standard InChI is InChI=1S/C26H30Cl2N4O2/c1-18(2)15-31(25(34)26(3,4)17-27)16-24(33)29-23-14-21(19-10-6-5-7-11-19)30-32(23)22-13-9-8-12-20(22)28/h5-14,18H,15-17H2,1-4H3,(H,29,33). The second-order valence-corrected chi connectivity index (χ2v) is 9.96. The van der Waals surface area contributed by atoms with E-state index in [0.29, 0.717) is 28.8 Å². The van der Waals surface area contributed by atoms with Crippen LogP contribution in [0.25, 0.3) is 16.9 Å². The average molecular weight is 501 g/mol. The molecule has 34 heavy (non-hydrogen) atoms. The lowest BCUT2D eigenvalue weighted by molar-refractivity contribution is -0.142. The maximum Gasteiger partial charge on any atom is 0.245 e. The Morgan fingerprint density at radius 2 is 1.74 bits per heavy atom. The van der Waals surface area contributed by atoms with Crippen molar-refractivity contribution in [1.29, 1.82) is 0 Å². The fraction of sp³-hybridized carbons (Fsp3) is 0.346. The quantitative estimate of drug-likeness (QED) is 0.373. The Bertz CT molecular complexity index is 1140. The Morgan fingerprint density at radius 3 is 2.35 bits per heavy atom. The van der Waals surface area contributed by atoms with Crippen molar-refractivity contribution in [3.63, 3.8) is 0 Å². The summed E-state index contributed by atoms with van der Waals surface area (Å²) in [5, 5.41) is 8.13. The van der Waals surface area contributed by atoms with Crippen molar-refractivity contribution < 1.29 is 9.59 Å². The van der Waals surface area contributed by atoms with Gasteiger partial charge in [0.05, 0.1) is 28.4 Å². The van der Waals surface area contributed by atoms with Crippen molar-refractivity contribution in [2.75, 3.05) is 24.3 Å². The molecule has 0 radical (unpaired) electrons. The van der Waals surface area contributed by atoms with Crippen molar-refractivity contribution in [2.45, 2.75) is 27.7 Å². The Morgan fingerprint density at radius 1 is 1.09 bits per heavy atom. The smallest absolute Gasteiger partial charge is 0.245 e. The summed E-state index contributed by atoms with van der Waals surface area (Å²) in [6.07, 6.45) is 0. The molecule has 8 heteroatoms. The molecule has 3 aromatic rings. The lowest BCUT2D eigenvalue weighted by Crippen LogP contribution is -2.47. The van der Waals surface area contributed by atoms with Gasteiger partial charge in [-0.25, -0.2) is 4.68 Å². The van der Waals surface area contributed by atoms with Crippen LogP contribution < -0.4 is 5.32 Å². The minimum atomic E-state index is -0.767. The molecule has 0 saturated carbocycles. The largest absolute Gasteiger partial charge is 0.333 e. The van der Waals surface area contributed by atoms with Gasteiger partial charge in [0.2, 0.25) is 11.8 Å². The highest BCUT2D eigenvalue weighted by Crippen LogP contribution is 2.28. The molecule has 1 heterocycles. The minimum absolute atomic E-state index is 0.0916. The third-order valence-corrected chi connectivity index (χ3v) is 6.24. The number of hydrogen-bond acceptors (Lipinski definition) is 3. The molecule has 3 rings (SSSR count). The first-order valence-electron chi connectivity index (χ1n) is 11.2. The van der Waals surface area contributed by atoms with Gasteiger partial charge in [0.1, 0.15) is 5.82 Å². The fourth-order valence-electron chi connectivity index (χ4n) is 3.53. The number of halogens is 2. The van der Waals surface area contributed by atoms with Crippen LogP contribution in [-0.4, -0.2) is 45.5 Å². The van der Waals surface area contributed by atoms with E-state index >= 15 is 0 Å². The Balaban J connectivity index is 1.92. The van der Waals surface area contributed by atoms with Crippen molar-refractivity contribution in [1.82, 2.24) is 14.7 Å². The molecule has 0 spiro atoms. The van der Waals surface area contributed by atoms with Crippen LogP contribution >= 0.6 is 23.2 Å². The van der Waals surface area contributed by atoms with E-state index in [1.54, 1.807) is 35.6 Å². The molecule has 6 nitrogen and oxygen atoms in total. The number of aromatic nitrogens is 2. The first-order chi connectivity index (χ1) is 16.1. The summed E-state index contributed by atoms with van der Waals surface area (Å²) in [6, 6.07) is 18.8. The van der Waals surface area contributed by atoms with E-state index in [-0.39, 0.29) is 30.2 Å². The first kappa shape index (κ1) is 25.8. The zero-order valence-electron chi connectivity index (χ0n) is 19.9. The molecular weight excluding hydrogens is 471 g/mol. The lowest BCUT2D eigenvalue weighted by atomic mass is 9.94. The molecule has 1 N–H and O–H groups in total. The Hall–Kier alpha value is -2.83. The van der Waals surface area contributed by atoms with Crippen molar-refractivity contribution in [3.8, 4) is 16.9 Å². The number of carbonyl (C=O) groups excluding carboxylic acids is 2. The summed E-state index contributed by atoms with van der Waals surface area (Å²) >= 11 is 12.5. The van der Waals surface area contributed by atoms with Gasteiger partial charge in [-0.2, -0.15) is 5.10 Å². The van der Waals surface area contributed by atoms with E-state index in [4.69, 9.17) is 28.3 Å². The molecule has 0 aliphatic heterocycles. The molecule has 0 aliphatic rings. The zero-order chi connectivity index (χ0) is 24.9. The number of anilines is 1. The molecule has 1 aromatic heterocycles. The highest BCUT2D eigenvalue weighted by molar-refractivity contribution is 6.32.